The van der Waals surface area contributed by atoms with Gasteiger partial charge in [0.25, 0.3) is 0 Å². The van der Waals surface area contributed by atoms with Crippen molar-refractivity contribution in [3.05, 3.63) is 47.0 Å². The highest BCUT2D eigenvalue weighted by Crippen LogP contribution is 2.28. The van der Waals surface area contributed by atoms with Crippen LogP contribution in [-0.4, -0.2) is 21.3 Å². The predicted molar refractivity (Wildman–Crippen MR) is 75.5 cm³/mol. The second kappa shape index (κ2) is 5.67. The van der Waals surface area contributed by atoms with Crippen molar-refractivity contribution in [2.75, 3.05) is 0 Å². The Kier molecular flexibility index (Phi) is 3.68. The Bertz CT molecular complexity index is 861. The smallest absolute Gasteiger partial charge is 0.406 e. The molecular formula is C14H9F3N4O2. The van der Waals surface area contributed by atoms with Crippen LogP contribution in [0.3, 0.4) is 0 Å². The van der Waals surface area contributed by atoms with Gasteiger partial charge in [-0.1, -0.05) is 11.2 Å². The molecule has 2 heterocycles. The molecule has 0 aliphatic carbocycles. The number of benzene rings is 1. The minimum absolute atomic E-state index is 0.0807. The molecule has 3 rings (SSSR count). The number of nitrogens with one attached hydrogen (secondary N) is 1. The Balaban J connectivity index is 2.02. The van der Waals surface area contributed by atoms with Crippen LogP contribution in [0.2, 0.25) is 0 Å². The molecule has 23 heavy (non-hydrogen) atoms. The van der Waals surface area contributed by atoms with Gasteiger partial charge in [-0.25, -0.2) is 4.98 Å². The van der Waals surface area contributed by atoms with Crippen LogP contribution in [0.1, 0.15) is 5.56 Å². The van der Waals surface area contributed by atoms with Crippen molar-refractivity contribution in [2.24, 2.45) is 5.18 Å². The lowest BCUT2D eigenvalue weighted by Gasteiger charge is -2.07. The summed E-state index contributed by atoms with van der Waals surface area (Å²) < 4.78 is 40.6. The molecule has 0 aliphatic heterocycles. The Hall–Kier alpha value is -2.97. The molecule has 2 aromatic heterocycles. The second-order valence-electron chi connectivity index (χ2n) is 4.61. The number of ether oxygens (including phenoxy) is 1. The number of rotatable bonds is 4. The third-order valence-electron chi connectivity index (χ3n) is 3.04. The van der Waals surface area contributed by atoms with Crippen molar-refractivity contribution in [3.8, 4) is 17.3 Å². The lowest BCUT2D eigenvalue weighted by atomic mass is 10.2. The predicted octanol–water partition coefficient (Wildman–Crippen LogP) is 3.79. The van der Waals surface area contributed by atoms with Crippen LogP contribution in [0.4, 0.5) is 13.2 Å². The fourth-order valence-corrected chi connectivity index (χ4v) is 2.15. The lowest BCUT2D eigenvalue weighted by Crippen LogP contribution is -2.16. The minimum Gasteiger partial charge on any atom is -0.406 e. The van der Waals surface area contributed by atoms with Gasteiger partial charge in [-0.15, -0.1) is 13.2 Å². The van der Waals surface area contributed by atoms with E-state index in [4.69, 9.17) is 0 Å². The maximum absolute atomic E-state index is 12.3. The number of aromatic amines is 1. The summed E-state index contributed by atoms with van der Waals surface area (Å²) in [6.07, 6.45) is -3.24. The first-order valence-corrected chi connectivity index (χ1v) is 6.45. The van der Waals surface area contributed by atoms with Crippen LogP contribution in [-0.2, 0) is 6.54 Å². The Labute approximate surface area is 127 Å². The summed E-state index contributed by atoms with van der Waals surface area (Å²) >= 11 is 0. The van der Waals surface area contributed by atoms with Crippen molar-refractivity contribution in [2.45, 2.75) is 12.9 Å². The number of pyridine rings is 1. The molecule has 3 aromatic rings. The summed E-state index contributed by atoms with van der Waals surface area (Å²) in [4.78, 5) is 21.8. The molecule has 0 aliphatic rings. The number of aromatic nitrogens is 3. The standard InChI is InChI=1S/C14H9F3N4O2/c15-14(16,17)23-9-3-4-10-11(6-9)21-13(20-10)12-8(7-19-22)2-1-5-18-12/h1-6H,7H2,(H,20,21). The first-order valence-electron chi connectivity index (χ1n) is 6.45. The molecule has 9 heteroatoms. The van der Waals surface area contributed by atoms with Crippen LogP contribution in [0.15, 0.2) is 41.7 Å². The number of H-pyrrole nitrogens is 1. The van der Waals surface area contributed by atoms with Gasteiger partial charge < -0.3 is 9.72 Å². The van der Waals surface area contributed by atoms with Crippen molar-refractivity contribution in [1.82, 2.24) is 15.0 Å². The molecule has 0 atom stereocenters. The normalized spacial score (nSPS) is 11.6. The number of hydrogen-bond donors (Lipinski definition) is 1. The van der Waals surface area contributed by atoms with Gasteiger partial charge in [0.2, 0.25) is 0 Å². The number of nitroso groups, excluding NO2 is 1. The molecule has 0 bridgehead atoms. The molecular weight excluding hydrogens is 313 g/mol. The summed E-state index contributed by atoms with van der Waals surface area (Å²) in [6.45, 7) is -0.0807. The summed E-state index contributed by atoms with van der Waals surface area (Å²) in [7, 11) is 0. The quantitative estimate of drug-likeness (QED) is 0.741. The summed E-state index contributed by atoms with van der Waals surface area (Å²) in [5, 5.41) is 2.82. The van der Waals surface area contributed by atoms with Crippen LogP contribution in [0.5, 0.6) is 5.75 Å². The number of alkyl halides is 3. The molecule has 0 radical (unpaired) electrons. The molecule has 0 spiro atoms. The second-order valence-corrected chi connectivity index (χ2v) is 4.61. The summed E-state index contributed by atoms with van der Waals surface area (Å²) in [5.74, 6) is -0.0144. The van der Waals surface area contributed by atoms with E-state index >= 15 is 0 Å². The van der Waals surface area contributed by atoms with Gasteiger partial charge in [0, 0.05) is 17.8 Å². The fourth-order valence-electron chi connectivity index (χ4n) is 2.15. The molecule has 6 nitrogen and oxygen atoms in total. The van der Waals surface area contributed by atoms with E-state index < -0.39 is 6.36 Å². The van der Waals surface area contributed by atoms with Crippen molar-refractivity contribution >= 4 is 11.0 Å². The van der Waals surface area contributed by atoms with E-state index in [0.717, 1.165) is 0 Å². The molecule has 0 saturated carbocycles. The zero-order valence-corrected chi connectivity index (χ0v) is 11.5. The number of fused-ring (bicyclic) bond motifs is 1. The van der Waals surface area contributed by atoms with E-state index in [9.17, 15) is 18.1 Å². The topological polar surface area (TPSA) is 80.2 Å². The molecule has 0 saturated heterocycles. The number of halogens is 3. The van der Waals surface area contributed by atoms with E-state index in [1.54, 1.807) is 12.1 Å². The maximum atomic E-state index is 12.3. The van der Waals surface area contributed by atoms with Crippen LogP contribution >= 0.6 is 0 Å². The summed E-state index contributed by atoms with van der Waals surface area (Å²) in [5.41, 5.74) is 1.79. The number of hydrogen-bond acceptors (Lipinski definition) is 5. The molecule has 118 valence electrons. The maximum Gasteiger partial charge on any atom is 0.573 e. The molecule has 0 unspecified atom stereocenters. The van der Waals surface area contributed by atoms with Gasteiger partial charge in [-0.05, 0) is 18.2 Å². The Morgan fingerprint density at radius 1 is 1.26 bits per heavy atom. The van der Waals surface area contributed by atoms with Crippen LogP contribution in [0, 0.1) is 4.91 Å². The van der Waals surface area contributed by atoms with Crippen molar-refractivity contribution < 1.29 is 17.9 Å². The third kappa shape index (κ3) is 3.28. The van der Waals surface area contributed by atoms with Gasteiger partial charge in [0.05, 0.1) is 11.0 Å². The molecule has 0 fully saturated rings. The van der Waals surface area contributed by atoms with Crippen LogP contribution < -0.4 is 4.74 Å². The highest BCUT2D eigenvalue weighted by Gasteiger charge is 2.31. The largest absolute Gasteiger partial charge is 0.573 e. The highest BCUT2D eigenvalue weighted by atomic mass is 19.4. The van der Waals surface area contributed by atoms with Crippen LogP contribution in [0.25, 0.3) is 22.6 Å². The lowest BCUT2D eigenvalue weighted by molar-refractivity contribution is -0.274. The molecule has 0 amide bonds. The highest BCUT2D eigenvalue weighted by molar-refractivity contribution is 5.80. The SMILES string of the molecule is O=NCc1cccnc1-c1nc2ccc(OC(F)(F)F)cc2[nH]1. The van der Waals surface area contributed by atoms with E-state index in [0.29, 0.717) is 28.1 Å². The first kappa shape index (κ1) is 14.9. The minimum atomic E-state index is -4.76. The monoisotopic (exact) mass is 322 g/mol. The van der Waals surface area contributed by atoms with E-state index in [-0.39, 0.29) is 12.3 Å². The number of imidazole rings is 1. The van der Waals surface area contributed by atoms with Gasteiger partial charge in [0.15, 0.2) is 5.82 Å². The zero-order valence-electron chi connectivity index (χ0n) is 11.5. The average Bonchev–Trinajstić information content (AvgIpc) is 2.89. The van der Waals surface area contributed by atoms with E-state index in [1.165, 1.54) is 24.4 Å². The first-order chi connectivity index (χ1) is 11.0. The number of nitrogens with zero attached hydrogens (tertiary/aromatic N) is 3. The Morgan fingerprint density at radius 3 is 2.83 bits per heavy atom. The Morgan fingerprint density at radius 2 is 2.09 bits per heavy atom. The molecule has 1 aromatic carbocycles. The average molecular weight is 322 g/mol. The van der Waals surface area contributed by atoms with Gasteiger partial charge in [-0.3, -0.25) is 4.98 Å². The van der Waals surface area contributed by atoms with Gasteiger partial charge in [0.1, 0.15) is 18.0 Å². The van der Waals surface area contributed by atoms with E-state index in [2.05, 4.69) is 24.9 Å². The van der Waals surface area contributed by atoms with Crippen molar-refractivity contribution in [1.29, 1.82) is 0 Å². The van der Waals surface area contributed by atoms with E-state index in [1.807, 2.05) is 0 Å². The summed E-state index contributed by atoms with van der Waals surface area (Å²) in [6, 6.07) is 7.10. The van der Waals surface area contributed by atoms with Gasteiger partial charge in [-0.2, -0.15) is 4.91 Å². The fraction of sp³-hybridized carbons (Fsp3) is 0.143. The zero-order chi connectivity index (χ0) is 16.4. The van der Waals surface area contributed by atoms with Gasteiger partial charge >= 0.3 is 6.36 Å². The van der Waals surface area contributed by atoms with Crippen molar-refractivity contribution in [3.63, 3.8) is 0 Å². The third-order valence-corrected chi connectivity index (χ3v) is 3.04. The molecule has 1 N–H and O–H groups in total.